The molecule has 0 saturated carbocycles. The molecule has 4 aromatic rings. The van der Waals surface area contributed by atoms with Crippen LogP contribution in [-0.4, -0.2) is 0 Å². The Morgan fingerprint density at radius 2 is 1.18 bits per heavy atom. The van der Waals surface area contributed by atoms with Gasteiger partial charge in [0.25, 0.3) is 0 Å². The van der Waals surface area contributed by atoms with Crippen LogP contribution in [0.3, 0.4) is 0 Å². The molecule has 22 heavy (non-hydrogen) atoms. The minimum absolute atomic E-state index is 1.30. The summed E-state index contributed by atoms with van der Waals surface area (Å²) in [6, 6.07) is 26.3. The minimum Gasteiger partial charge on any atom is -0.0616 e. The highest BCUT2D eigenvalue weighted by atomic mass is 14.1. The Hall–Kier alpha value is -2.60. The number of benzene rings is 4. The van der Waals surface area contributed by atoms with Crippen molar-refractivity contribution < 1.29 is 0 Å². The molecule has 0 amide bonds. The fourth-order valence-corrected chi connectivity index (χ4v) is 3.24. The van der Waals surface area contributed by atoms with Crippen LogP contribution in [0.1, 0.15) is 11.1 Å². The molecule has 106 valence electrons. The van der Waals surface area contributed by atoms with Crippen molar-refractivity contribution >= 4 is 21.5 Å². The molecular formula is C22H18. The third kappa shape index (κ3) is 2.00. The quantitative estimate of drug-likeness (QED) is 0.360. The van der Waals surface area contributed by atoms with Crippen LogP contribution in [0.4, 0.5) is 0 Å². The van der Waals surface area contributed by atoms with Gasteiger partial charge in [-0.05, 0) is 69.8 Å². The minimum atomic E-state index is 1.30. The summed E-state index contributed by atoms with van der Waals surface area (Å²) in [6.45, 7) is 4.39. The maximum Gasteiger partial charge on any atom is -0.00989 e. The Morgan fingerprint density at radius 3 is 2.00 bits per heavy atom. The van der Waals surface area contributed by atoms with E-state index in [0.29, 0.717) is 0 Å². The smallest absolute Gasteiger partial charge is 0.00989 e. The molecule has 0 bridgehead atoms. The van der Waals surface area contributed by atoms with Crippen molar-refractivity contribution in [2.75, 3.05) is 0 Å². The zero-order chi connectivity index (χ0) is 15.1. The van der Waals surface area contributed by atoms with Crippen LogP contribution in [0, 0.1) is 13.8 Å². The molecule has 0 aliphatic rings. The van der Waals surface area contributed by atoms with Gasteiger partial charge in [0.15, 0.2) is 0 Å². The topological polar surface area (TPSA) is 0 Å². The van der Waals surface area contributed by atoms with Crippen LogP contribution < -0.4 is 0 Å². The Bertz CT molecular complexity index is 993. The highest BCUT2D eigenvalue weighted by Gasteiger charge is 2.08. The first-order valence-electron chi connectivity index (χ1n) is 7.72. The molecule has 0 N–H and O–H groups in total. The van der Waals surface area contributed by atoms with E-state index in [0.717, 1.165) is 0 Å². The van der Waals surface area contributed by atoms with Crippen molar-refractivity contribution in [3.05, 3.63) is 83.9 Å². The molecule has 0 fully saturated rings. The van der Waals surface area contributed by atoms with Crippen molar-refractivity contribution in [2.45, 2.75) is 13.8 Å². The summed E-state index contributed by atoms with van der Waals surface area (Å²) in [5.74, 6) is 0. The summed E-state index contributed by atoms with van der Waals surface area (Å²) in [7, 11) is 0. The maximum atomic E-state index is 2.32. The Kier molecular flexibility index (Phi) is 2.97. The summed E-state index contributed by atoms with van der Waals surface area (Å²) >= 11 is 0. The van der Waals surface area contributed by atoms with E-state index in [9.17, 15) is 0 Å². The van der Waals surface area contributed by atoms with Crippen molar-refractivity contribution in [2.24, 2.45) is 0 Å². The van der Waals surface area contributed by atoms with Gasteiger partial charge in [0.05, 0.1) is 0 Å². The molecule has 4 rings (SSSR count). The summed E-state index contributed by atoms with van der Waals surface area (Å²) in [5, 5.41) is 5.23. The first kappa shape index (κ1) is 13.1. The first-order valence-corrected chi connectivity index (χ1v) is 7.72. The Morgan fingerprint density at radius 1 is 0.545 bits per heavy atom. The molecule has 0 aliphatic carbocycles. The predicted molar refractivity (Wildman–Crippen MR) is 96.4 cm³/mol. The highest BCUT2D eigenvalue weighted by molar-refractivity contribution is 6.05. The summed E-state index contributed by atoms with van der Waals surface area (Å²) in [4.78, 5) is 0. The van der Waals surface area contributed by atoms with Crippen LogP contribution in [0.25, 0.3) is 32.7 Å². The largest absolute Gasteiger partial charge is 0.0616 e. The second kappa shape index (κ2) is 4.99. The third-order valence-corrected chi connectivity index (χ3v) is 4.64. The van der Waals surface area contributed by atoms with Gasteiger partial charge < -0.3 is 0 Å². The van der Waals surface area contributed by atoms with Gasteiger partial charge in [-0.3, -0.25) is 0 Å². The van der Waals surface area contributed by atoms with E-state index in [-0.39, 0.29) is 0 Å². The number of rotatable bonds is 1. The molecule has 0 heteroatoms. The lowest BCUT2D eigenvalue weighted by atomic mass is 9.92. The van der Waals surface area contributed by atoms with Crippen molar-refractivity contribution in [1.29, 1.82) is 0 Å². The summed E-state index contributed by atoms with van der Waals surface area (Å²) in [6.07, 6.45) is 0. The SMILES string of the molecule is Cc1cccc(-c2cccc3cc4ccccc4cc23)c1C. The standard InChI is InChI=1S/C22H18/c1-15-7-5-11-20(16(15)2)21-12-6-10-19-13-17-8-3-4-9-18(17)14-22(19)21/h3-14H,1-2H3. The zero-order valence-electron chi connectivity index (χ0n) is 12.9. The van der Waals surface area contributed by atoms with Crippen molar-refractivity contribution in [1.82, 2.24) is 0 Å². The van der Waals surface area contributed by atoms with Gasteiger partial charge in [-0.25, -0.2) is 0 Å². The molecule has 0 aromatic heterocycles. The number of hydrogen-bond acceptors (Lipinski definition) is 0. The van der Waals surface area contributed by atoms with E-state index in [1.807, 2.05) is 0 Å². The van der Waals surface area contributed by atoms with Crippen molar-refractivity contribution in [3.8, 4) is 11.1 Å². The Balaban J connectivity index is 2.09. The van der Waals surface area contributed by atoms with Crippen LogP contribution in [0.5, 0.6) is 0 Å². The molecule has 0 radical (unpaired) electrons. The number of hydrogen-bond donors (Lipinski definition) is 0. The molecule has 0 atom stereocenters. The second-order valence-electron chi connectivity index (χ2n) is 5.97. The van der Waals surface area contributed by atoms with E-state index in [1.54, 1.807) is 0 Å². The lowest BCUT2D eigenvalue weighted by molar-refractivity contribution is 1.34. The van der Waals surface area contributed by atoms with E-state index in [4.69, 9.17) is 0 Å². The predicted octanol–water partition coefficient (Wildman–Crippen LogP) is 6.28. The lowest BCUT2D eigenvalue weighted by Gasteiger charge is -2.12. The van der Waals surface area contributed by atoms with Crippen LogP contribution in [-0.2, 0) is 0 Å². The summed E-state index contributed by atoms with van der Waals surface area (Å²) in [5.41, 5.74) is 5.36. The normalized spacial score (nSPS) is 11.2. The maximum absolute atomic E-state index is 2.32. The molecule has 0 aliphatic heterocycles. The molecule has 0 heterocycles. The van der Waals surface area contributed by atoms with Gasteiger partial charge in [0.1, 0.15) is 0 Å². The van der Waals surface area contributed by atoms with Gasteiger partial charge >= 0.3 is 0 Å². The molecule has 0 saturated heterocycles. The lowest BCUT2D eigenvalue weighted by Crippen LogP contribution is -1.88. The van der Waals surface area contributed by atoms with E-state index in [1.165, 1.54) is 43.8 Å². The van der Waals surface area contributed by atoms with Crippen LogP contribution in [0.15, 0.2) is 72.8 Å². The van der Waals surface area contributed by atoms with Gasteiger partial charge in [-0.15, -0.1) is 0 Å². The Labute approximate surface area is 131 Å². The fraction of sp³-hybridized carbons (Fsp3) is 0.0909. The molecular weight excluding hydrogens is 264 g/mol. The van der Waals surface area contributed by atoms with E-state index >= 15 is 0 Å². The van der Waals surface area contributed by atoms with Crippen LogP contribution >= 0.6 is 0 Å². The number of aryl methyl sites for hydroxylation is 1. The molecule has 0 nitrogen and oxygen atoms in total. The highest BCUT2D eigenvalue weighted by Crippen LogP contribution is 2.34. The van der Waals surface area contributed by atoms with Gasteiger partial charge in [0.2, 0.25) is 0 Å². The van der Waals surface area contributed by atoms with Crippen LogP contribution in [0.2, 0.25) is 0 Å². The number of fused-ring (bicyclic) bond motifs is 2. The second-order valence-corrected chi connectivity index (χ2v) is 5.97. The average Bonchev–Trinajstić information content (AvgIpc) is 2.55. The molecule has 4 aromatic carbocycles. The van der Waals surface area contributed by atoms with E-state index < -0.39 is 0 Å². The van der Waals surface area contributed by atoms with Crippen molar-refractivity contribution in [3.63, 3.8) is 0 Å². The average molecular weight is 282 g/mol. The monoisotopic (exact) mass is 282 g/mol. The summed E-state index contributed by atoms with van der Waals surface area (Å²) < 4.78 is 0. The third-order valence-electron chi connectivity index (χ3n) is 4.64. The van der Waals surface area contributed by atoms with E-state index in [2.05, 4.69) is 86.6 Å². The zero-order valence-corrected chi connectivity index (χ0v) is 12.9. The first-order chi connectivity index (χ1) is 10.7. The fourth-order valence-electron chi connectivity index (χ4n) is 3.24. The van der Waals surface area contributed by atoms with Gasteiger partial charge in [-0.2, -0.15) is 0 Å². The van der Waals surface area contributed by atoms with Gasteiger partial charge in [-0.1, -0.05) is 60.7 Å². The van der Waals surface area contributed by atoms with Gasteiger partial charge in [0, 0.05) is 0 Å². The molecule has 0 unspecified atom stereocenters. The molecule has 0 spiro atoms.